The van der Waals surface area contributed by atoms with Crippen molar-refractivity contribution in [1.29, 1.82) is 5.26 Å². The summed E-state index contributed by atoms with van der Waals surface area (Å²) in [6.07, 6.45) is 0.956. The maximum Gasteiger partial charge on any atom is 0.275 e. The number of nitro benzene ring substituents is 1. The van der Waals surface area contributed by atoms with Crippen molar-refractivity contribution >= 4 is 38.9 Å². The largest absolute Gasteiger partial charge is 0.348 e. The molecule has 0 aliphatic rings. The first-order valence-corrected chi connectivity index (χ1v) is 9.60. The Kier molecular flexibility index (Phi) is 5.99. The fourth-order valence-electron chi connectivity index (χ4n) is 2.22. The highest BCUT2D eigenvalue weighted by molar-refractivity contribution is 7.92. The van der Waals surface area contributed by atoms with Gasteiger partial charge in [0.1, 0.15) is 0 Å². The summed E-state index contributed by atoms with van der Waals surface area (Å²) in [5.41, 5.74) is 0.233. The molecule has 1 amide bonds. The quantitative estimate of drug-likeness (QED) is 0.555. The summed E-state index contributed by atoms with van der Waals surface area (Å²) >= 11 is 5.91. The topological polar surface area (TPSA) is 142 Å². The smallest absolute Gasteiger partial charge is 0.275 e. The molecule has 0 aliphatic heterocycles. The van der Waals surface area contributed by atoms with Crippen LogP contribution in [-0.2, 0) is 16.6 Å². The maximum absolute atomic E-state index is 12.3. The summed E-state index contributed by atoms with van der Waals surface area (Å²) in [6, 6.07) is 9.67. The van der Waals surface area contributed by atoms with E-state index in [9.17, 15) is 23.3 Å². The SMILES string of the molecule is CS(=O)(=O)Nc1cc(Cl)cc(C(=O)NCc2ccc(C#N)cc2[N+](=O)[O-])c1. The van der Waals surface area contributed by atoms with E-state index >= 15 is 0 Å². The van der Waals surface area contributed by atoms with Gasteiger partial charge in [0.05, 0.1) is 28.5 Å². The average Bonchev–Trinajstić information content (AvgIpc) is 2.57. The number of hydrogen-bond acceptors (Lipinski definition) is 6. The number of halogens is 1. The van der Waals surface area contributed by atoms with Gasteiger partial charge in [0.2, 0.25) is 10.0 Å². The molecular formula is C16H13ClN4O5S. The maximum atomic E-state index is 12.3. The van der Waals surface area contributed by atoms with E-state index in [1.165, 1.54) is 30.3 Å². The Bertz CT molecular complexity index is 1060. The van der Waals surface area contributed by atoms with Gasteiger partial charge in [0, 0.05) is 28.8 Å². The standard InChI is InChI=1S/C16H13ClN4O5S/c1-27(25,26)20-14-6-12(5-13(17)7-14)16(22)19-9-11-3-2-10(8-18)4-15(11)21(23)24/h2-7,20H,9H2,1H3,(H,19,22). The third-order valence-corrected chi connectivity index (χ3v) is 4.14. The Hall–Kier alpha value is -3.16. The molecule has 0 heterocycles. The van der Waals surface area contributed by atoms with Crippen LogP contribution >= 0.6 is 11.6 Å². The Morgan fingerprint density at radius 2 is 2.00 bits per heavy atom. The van der Waals surface area contributed by atoms with E-state index in [2.05, 4.69) is 10.0 Å². The second kappa shape index (κ2) is 8.03. The van der Waals surface area contributed by atoms with Crippen LogP contribution < -0.4 is 10.0 Å². The van der Waals surface area contributed by atoms with Crippen molar-refractivity contribution in [2.24, 2.45) is 0 Å². The number of anilines is 1. The van der Waals surface area contributed by atoms with Crippen LogP contribution in [0, 0.1) is 21.4 Å². The molecule has 140 valence electrons. The molecule has 0 unspecified atom stereocenters. The zero-order valence-electron chi connectivity index (χ0n) is 13.9. The van der Waals surface area contributed by atoms with E-state index < -0.39 is 20.9 Å². The molecule has 27 heavy (non-hydrogen) atoms. The number of nitrogens with zero attached hydrogens (tertiary/aromatic N) is 2. The van der Waals surface area contributed by atoms with Gasteiger partial charge in [-0.3, -0.25) is 19.6 Å². The molecule has 0 bridgehead atoms. The first kappa shape index (κ1) is 20.2. The lowest BCUT2D eigenvalue weighted by Crippen LogP contribution is -2.23. The number of nitriles is 1. The zero-order valence-corrected chi connectivity index (χ0v) is 15.5. The van der Waals surface area contributed by atoms with Gasteiger partial charge in [0.15, 0.2) is 0 Å². The van der Waals surface area contributed by atoms with E-state index in [1.54, 1.807) is 0 Å². The normalized spacial score (nSPS) is 10.7. The van der Waals surface area contributed by atoms with Gasteiger partial charge in [-0.1, -0.05) is 11.6 Å². The van der Waals surface area contributed by atoms with E-state index in [0.29, 0.717) is 0 Å². The molecule has 0 saturated heterocycles. The Balaban J connectivity index is 2.22. The van der Waals surface area contributed by atoms with Crippen LogP contribution in [0.25, 0.3) is 0 Å². The van der Waals surface area contributed by atoms with Crippen LogP contribution in [0.5, 0.6) is 0 Å². The number of carbonyl (C=O) groups is 1. The second-order valence-electron chi connectivity index (χ2n) is 5.50. The highest BCUT2D eigenvalue weighted by atomic mass is 35.5. The number of amides is 1. The molecule has 0 aliphatic carbocycles. The number of carbonyl (C=O) groups excluding carboxylic acids is 1. The van der Waals surface area contributed by atoms with Crippen LogP contribution in [-0.4, -0.2) is 25.5 Å². The monoisotopic (exact) mass is 408 g/mol. The minimum Gasteiger partial charge on any atom is -0.348 e. The van der Waals surface area contributed by atoms with Crippen molar-refractivity contribution < 1.29 is 18.1 Å². The van der Waals surface area contributed by atoms with E-state index in [-0.39, 0.29) is 39.6 Å². The summed E-state index contributed by atoms with van der Waals surface area (Å²) < 4.78 is 24.8. The predicted octanol–water partition coefficient (Wildman–Crippen LogP) is 2.42. The van der Waals surface area contributed by atoms with Gasteiger partial charge in [0.25, 0.3) is 11.6 Å². The van der Waals surface area contributed by atoms with Gasteiger partial charge in [-0.15, -0.1) is 0 Å². The van der Waals surface area contributed by atoms with Crippen LogP contribution in [0.2, 0.25) is 5.02 Å². The van der Waals surface area contributed by atoms with Gasteiger partial charge in [-0.2, -0.15) is 5.26 Å². The van der Waals surface area contributed by atoms with Crippen LogP contribution in [0.1, 0.15) is 21.5 Å². The minimum atomic E-state index is -3.56. The number of sulfonamides is 1. The summed E-state index contributed by atoms with van der Waals surface area (Å²) in [7, 11) is -3.56. The third-order valence-electron chi connectivity index (χ3n) is 3.31. The Morgan fingerprint density at radius 1 is 1.30 bits per heavy atom. The fourth-order valence-corrected chi connectivity index (χ4v) is 3.01. The van der Waals surface area contributed by atoms with Crippen LogP contribution in [0.3, 0.4) is 0 Å². The van der Waals surface area contributed by atoms with Gasteiger partial charge in [-0.05, 0) is 30.3 Å². The molecule has 0 fully saturated rings. The molecular weight excluding hydrogens is 396 g/mol. The molecule has 2 N–H and O–H groups in total. The van der Waals surface area contributed by atoms with Crippen LogP contribution in [0.15, 0.2) is 36.4 Å². The van der Waals surface area contributed by atoms with Crippen molar-refractivity contribution in [3.63, 3.8) is 0 Å². The molecule has 9 nitrogen and oxygen atoms in total. The molecule has 2 aromatic carbocycles. The molecule has 0 radical (unpaired) electrons. The summed E-state index contributed by atoms with van der Waals surface area (Å²) in [6.45, 7) is -0.164. The summed E-state index contributed by atoms with van der Waals surface area (Å²) in [5.74, 6) is -0.604. The summed E-state index contributed by atoms with van der Waals surface area (Å²) in [5, 5.41) is 22.6. The van der Waals surface area contributed by atoms with Crippen molar-refractivity contribution in [1.82, 2.24) is 5.32 Å². The van der Waals surface area contributed by atoms with E-state index in [0.717, 1.165) is 12.3 Å². The van der Waals surface area contributed by atoms with Gasteiger partial charge in [-0.25, -0.2) is 8.42 Å². The number of rotatable bonds is 6. The lowest BCUT2D eigenvalue weighted by Gasteiger charge is -2.09. The average molecular weight is 409 g/mol. The Morgan fingerprint density at radius 3 is 2.59 bits per heavy atom. The highest BCUT2D eigenvalue weighted by Crippen LogP contribution is 2.22. The Labute approximate surface area is 159 Å². The van der Waals surface area contributed by atoms with Crippen molar-refractivity contribution in [2.75, 3.05) is 11.0 Å². The molecule has 0 aromatic heterocycles. The molecule has 0 atom stereocenters. The number of hydrogen-bond donors (Lipinski definition) is 2. The van der Waals surface area contributed by atoms with Crippen molar-refractivity contribution in [2.45, 2.75) is 6.54 Å². The molecule has 2 aromatic rings. The van der Waals surface area contributed by atoms with Crippen molar-refractivity contribution in [3.05, 3.63) is 68.2 Å². The summed E-state index contributed by atoms with van der Waals surface area (Å²) in [4.78, 5) is 22.8. The highest BCUT2D eigenvalue weighted by Gasteiger charge is 2.16. The van der Waals surface area contributed by atoms with E-state index in [1.807, 2.05) is 6.07 Å². The minimum absolute atomic E-state index is 0.0740. The lowest BCUT2D eigenvalue weighted by molar-refractivity contribution is -0.385. The third kappa shape index (κ3) is 5.67. The first-order valence-electron chi connectivity index (χ1n) is 7.33. The second-order valence-corrected chi connectivity index (χ2v) is 7.68. The first-order chi connectivity index (χ1) is 12.6. The zero-order chi connectivity index (χ0) is 20.2. The van der Waals surface area contributed by atoms with Crippen LogP contribution in [0.4, 0.5) is 11.4 Å². The molecule has 2 rings (SSSR count). The number of nitro groups is 1. The molecule has 11 heteroatoms. The predicted molar refractivity (Wildman–Crippen MR) is 98.9 cm³/mol. The van der Waals surface area contributed by atoms with Gasteiger partial charge < -0.3 is 5.32 Å². The van der Waals surface area contributed by atoms with Crippen molar-refractivity contribution in [3.8, 4) is 6.07 Å². The van der Waals surface area contributed by atoms with E-state index in [4.69, 9.17) is 16.9 Å². The number of nitrogens with one attached hydrogen (secondary N) is 2. The molecule has 0 spiro atoms. The van der Waals surface area contributed by atoms with Gasteiger partial charge >= 0.3 is 0 Å². The lowest BCUT2D eigenvalue weighted by atomic mass is 10.1. The number of benzene rings is 2. The fraction of sp³-hybridized carbons (Fsp3) is 0.125. The molecule has 0 saturated carbocycles.